The number of pyridine rings is 2. The van der Waals surface area contributed by atoms with E-state index >= 15 is 0 Å². The van der Waals surface area contributed by atoms with Gasteiger partial charge in [-0.25, -0.2) is 0 Å². The van der Waals surface area contributed by atoms with Crippen LogP contribution in [0, 0.1) is 6.92 Å². The molecule has 0 saturated heterocycles. The van der Waals surface area contributed by atoms with Gasteiger partial charge in [0.2, 0.25) is 5.43 Å². The first-order valence-electron chi connectivity index (χ1n) is 8.41. The maximum Gasteiger partial charge on any atom is 0.305 e. The average molecular weight is 345 g/mol. The van der Waals surface area contributed by atoms with Crippen LogP contribution in [0.25, 0.3) is 11.0 Å². The molecule has 7 heteroatoms. The number of aromatic nitrogens is 2. The molecule has 0 fully saturated rings. The second-order valence-corrected chi connectivity index (χ2v) is 5.70. The van der Waals surface area contributed by atoms with Crippen molar-refractivity contribution in [1.82, 2.24) is 14.9 Å². The van der Waals surface area contributed by atoms with Crippen LogP contribution in [0.4, 0.5) is 0 Å². The van der Waals surface area contributed by atoms with Crippen LogP contribution in [-0.4, -0.2) is 34.6 Å². The maximum absolute atomic E-state index is 12.6. The zero-order valence-electron chi connectivity index (χ0n) is 14.8. The first-order valence-corrected chi connectivity index (χ1v) is 8.41. The van der Waals surface area contributed by atoms with Gasteiger partial charge in [-0.15, -0.1) is 0 Å². The van der Waals surface area contributed by atoms with E-state index in [-0.39, 0.29) is 28.9 Å². The summed E-state index contributed by atoms with van der Waals surface area (Å²) in [5, 5.41) is 2.68. The number of aryl methyl sites for hydroxylation is 2. The molecule has 0 bridgehead atoms. The Hall–Kier alpha value is -2.70. The Morgan fingerprint density at radius 2 is 2.08 bits per heavy atom. The van der Waals surface area contributed by atoms with Gasteiger partial charge in [-0.1, -0.05) is 0 Å². The number of ether oxygens (including phenoxy) is 1. The topological polar surface area (TPSA) is 90.3 Å². The van der Waals surface area contributed by atoms with Gasteiger partial charge in [0.15, 0.2) is 0 Å². The first-order chi connectivity index (χ1) is 12.0. The molecule has 25 heavy (non-hydrogen) atoms. The standard InChI is InChI=1S/C18H23N3O4/c1-4-21-11-13(17(23)16-14(21)9-12(3)10-20-16)18(24)19-8-6-7-15(22)25-5-2/h9-11H,4-8H2,1-3H3,(H,19,24). The fourth-order valence-electron chi connectivity index (χ4n) is 2.55. The second kappa shape index (κ2) is 8.41. The molecule has 2 heterocycles. The van der Waals surface area contributed by atoms with Crippen LogP contribution in [0.3, 0.4) is 0 Å². The Bertz CT molecular complexity index is 842. The minimum absolute atomic E-state index is 0.0573. The fraction of sp³-hybridized carbons (Fsp3) is 0.444. The molecule has 7 nitrogen and oxygen atoms in total. The van der Waals surface area contributed by atoms with Gasteiger partial charge >= 0.3 is 5.97 Å². The maximum atomic E-state index is 12.6. The lowest BCUT2D eigenvalue weighted by atomic mass is 10.1. The van der Waals surface area contributed by atoms with Crippen molar-refractivity contribution >= 4 is 22.9 Å². The van der Waals surface area contributed by atoms with E-state index in [4.69, 9.17) is 4.74 Å². The summed E-state index contributed by atoms with van der Waals surface area (Å²) >= 11 is 0. The smallest absolute Gasteiger partial charge is 0.305 e. The lowest BCUT2D eigenvalue weighted by Crippen LogP contribution is -2.31. The van der Waals surface area contributed by atoms with Crippen LogP contribution in [0.15, 0.2) is 23.3 Å². The van der Waals surface area contributed by atoms with Crippen LogP contribution in [0.5, 0.6) is 0 Å². The van der Waals surface area contributed by atoms with Gasteiger partial charge in [-0.2, -0.15) is 0 Å². The summed E-state index contributed by atoms with van der Waals surface area (Å²) in [6.07, 6.45) is 3.86. The molecule has 0 atom stereocenters. The summed E-state index contributed by atoms with van der Waals surface area (Å²) in [4.78, 5) is 40.4. The summed E-state index contributed by atoms with van der Waals surface area (Å²) in [5.74, 6) is -0.754. The Morgan fingerprint density at radius 1 is 1.32 bits per heavy atom. The Balaban J connectivity index is 2.16. The molecule has 0 saturated carbocycles. The number of hydrogen-bond donors (Lipinski definition) is 1. The van der Waals surface area contributed by atoms with E-state index in [0.29, 0.717) is 31.6 Å². The lowest BCUT2D eigenvalue weighted by molar-refractivity contribution is -0.143. The molecule has 0 aliphatic rings. The SMILES string of the molecule is CCOC(=O)CCCNC(=O)c1cn(CC)c2cc(C)cnc2c1=O. The van der Waals surface area contributed by atoms with Crippen LogP contribution in [0.1, 0.15) is 42.6 Å². The average Bonchev–Trinajstić information content (AvgIpc) is 2.59. The number of nitrogens with one attached hydrogen (secondary N) is 1. The molecule has 0 aromatic carbocycles. The summed E-state index contributed by atoms with van der Waals surface area (Å²) in [5.41, 5.74) is 1.62. The van der Waals surface area contributed by atoms with E-state index in [1.807, 2.05) is 24.5 Å². The monoisotopic (exact) mass is 345 g/mol. The number of rotatable bonds is 7. The Labute approximate surface area is 146 Å². The van der Waals surface area contributed by atoms with E-state index in [9.17, 15) is 14.4 Å². The number of esters is 1. The molecule has 1 N–H and O–H groups in total. The highest BCUT2D eigenvalue weighted by atomic mass is 16.5. The summed E-state index contributed by atoms with van der Waals surface area (Å²) in [7, 11) is 0. The van der Waals surface area contributed by atoms with E-state index in [2.05, 4.69) is 10.3 Å². The third-order valence-electron chi connectivity index (χ3n) is 3.79. The number of hydrogen-bond acceptors (Lipinski definition) is 5. The van der Waals surface area contributed by atoms with Gasteiger partial charge in [0.05, 0.1) is 12.1 Å². The van der Waals surface area contributed by atoms with E-state index in [1.165, 1.54) is 0 Å². The van der Waals surface area contributed by atoms with Crippen molar-refractivity contribution < 1.29 is 14.3 Å². The molecule has 1 amide bonds. The minimum atomic E-state index is -0.458. The molecule has 0 radical (unpaired) electrons. The molecule has 0 aliphatic carbocycles. The normalized spacial score (nSPS) is 10.7. The van der Waals surface area contributed by atoms with Crippen molar-refractivity contribution in [2.75, 3.05) is 13.2 Å². The van der Waals surface area contributed by atoms with Gasteiger partial charge in [0.1, 0.15) is 11.1 Å². The molecule has 2 aromatic heterocycles. The molecule has 0 unspecified atom stereocenters. The molecule has 134 valence electrons. The summed E-state index contributed by atoms with van der Waals surface area (Å²) in [6.45, 7) is 6.83. The summed E-state index contributed by atoms with van der Waals surface area (Å²) < 4.78 is 6.67. The fourth-order valence-corrected chi connectivity index (χ4v) is 2.55. The highest BCUT2D eigenvalue weighted by Gasteiger charge is 2.16. The Morgan fingerprint density at radius 3 is 2.76 bits per heavy atom. The van der Waals surface area contributed by atoms with Crippen molar-refractivity contribution in [1.29, 1.82) is 0 Å². The second-order valence-electron chi connectivity index (χ2n) is 5.70. The third-order valence-corrected chi connectivity index (χ3v) is 3.79. The number of nitrogens with zero attached hydrogens (tertiary/aromatic N) is 2. The van der Waals surface area contributed by atoms with E-state index in [1.54, 1.807) is 19.3 Å². The zero-order valence-corrected chi connectivity index (χ0v) is 14.8. The molecular weight excluding hydrogens is 322 g/mol. The number of amides is 1. The number of fused-ring (bicyclic) bond motifs is 1. The van der Waals surface area contributed by atoms with Crippen LogP contribution in [0.2, 0.25) is 0 Å². The first kappa shape index (κ1) is 18.6. The van der Waals surface area contributed by atoms with Crippen LogP contribution < -0.4 is 10.7 Å². The molecular formula is C18H23N3O4. The number of carbonyl (C=O) groups is 2. The molecule has 2 aromatic rings. The largest absolute Gasteiger partial charge is 0.466 e. The van der Waals surface area contributed by atoms with Crippen LogP contribution >= 0.6 is 0 Å². The van der Waals surface area contributed by atoms with Gasteiger partial charge in [-0.05, 0) is 38.8 Å². The minimum Gasteiger partial charge on any atom is -0.466 e. The predicted octanol–water partition coefficient (Wildman–Crippen LogP) is 1.80. The highest BCUT2D eigenvalue weighted by molar-refractivity contribution is 5.96. The van der Waals surface area contributed by atoms with Crippen molar-refractivity contribution in [3.63, 3.8) is 0 Å². The van der Waals surface area contributed by atoms with Gasteiger partial charge in [0.25, 0.3) is 5.91 Å². The van der Waals surface area contributed by atoms with Crippen molar-refractivity contribution in [2.45, 2.75) is 40.2 Å². The Kier molecular flexibility index (Phi) is 6.27. The van der Waals surface area contributed by atoms with Crippen molar-refractivity contribution in [3.8, 4) is 0 Å². The highest BCUT2D eigenvalue weighted by Crippen LogP contribution is 2.12. The molecule has 0 spiro atoms. The quantitative estimate of drug-likeness (QED) is 0.610. The molecule has 2 rings (SSSR count). The summed E-state index contributed by atoms with van der Waals surface area (Å²) in [6, 6.07) is 1.88. The van der Waals surface area contributed by atoms with Crippen LogP contribution in [-0.2, 0) is 16.1 Å². The van der Waals surface area contributed by atoms with Gasteiger partial charge < -0.3 is 14.6 Å². The van der Waals surface area contributed by atoms with Crippen molar-refractivity contribution in [3.05, 3.63) is 39.8 Å². The lowest BCUT2D eigenvalue weighted by Gasteiger charge is -2.11. The van der Waals surface area contributed by atoms with E-state index < -0.39 is 5.91 Å². The zero-order chi connectivity index (χ0) is 18.4. The molecule has 0 aliphatic heterocycles. The van der Waals surface area contributed by atoms with Gasteiger partial charge in [0, 0.05) is 31.9 Å². The third kappa shape index (κ3) is 4.43. The predicted molar refractivity (Wildman–Crippen MR) is 94.6 cm³/mol. The van der Waals surface area contributed by atoms with E-state index in [0.717, 1.165) is 5.56 Å². The van der Waals surface area contributed by atoms with Crippen molar-refractivity contribution in [2.24, 2.45) is 0 Å². The van der Waals surface area contributed by atoms with Gasteiger partial charge in [-0.3, -0.25) is 19.4 Å². The number of carbonyl (C=O) groups excluding carboxylic acids is 2.